The lowest BCUT2D eigenvalue weighted by Crippen LogP contribution is -2.40. The molecule has 0 radical (unpaired) electrons. The number of halogens is 7. The largest absolute Gasteiger partial charge is 0.748 e. The Bertz CT molecular complexity index is 1410. The Morgan fingerprint density at radius 3 is 1.81 bits per heavy atom. The van der Waals surface area contributed by atoms with Crippen LogP contribution < -0.4 is 0 Å². The Kier molecular flexibility index (Phi) is 10.4. The Hall–Kier alpha value is -2.27. The number of hydrogen-bond donors (Lipinski definition) is 0. The fourth-order valence-electron chi connectivity index (χ4n) is 5.54. The van der Waals surface area contributed by atoms with Gasteiger partial charge in [0.2, 0.25) is 0 Å². The molecule has 0 amide bonds. The summed E-state index contributed by atoms with van der Waals surface area (Å²) < 4.78 is 169. The monoisotopic (exact) mass is 648 g/mol. The normalized spacial score (nSPS) is 23.1. The molecule has 0 spiro atoms. The molecule has 42 heavy (non-hydrogen) atoms. The van der Waals surface area contributed by atoms with Crippen LogP contribution in [0.4, 0.5) is 30.7 Å². The molecule has 0 N–H and O–H groups in total. The molecule has 2 aromatic rings. The van der Waals surface area contributed by atoms with Gasteiger partial charge in [-0.3, -0.25) is 0 Å². The Balaban J connectivity index is 2.04. The fraction of sp³-hybridized carbons (Fsp3) is 0.538. The summed E-state index contributed by atoms with van der Waals surface area (Å²) in [6.07, 6.45) is -12.8. The van der Waals surface area contributed by atoms with Crippen LogP contribution in [0.1, 0.15) is 66.9 Å². The van der Waals surface area contributed by atoms with Gasteiger partial charge in [-0.05, 0) is 85.9 Å². The summed E-state index contributed by atoms with van der Waals surface area (Å²) in [5.41, 5.74) is -3.16. The molecule has 16 heteroatoms. The van der Waals surface area contributed by atoms with Crippen molar-refractivity contribution in [2.45, 2.75) is 63.1 Å². The molecule has 3 rings (SSSR count). The zero-order valence-corrected chi connectivity index (χ0v) is 23.6. The van der Waals surface area contributed by atoms with Crippen molar-refractivity contribution in [2.75, 3.05) is 11.5 Å². The van der Waals surface area contributed by atoms with Crippen molar-refractivity contribution in [3.05, 3.63) is 70.5 Å². The summed E-state index contributed by atoms with van der Waals surface area (Å²) in [4.78, 5) is 0. The standard InChI is InChI=1S/C26H29F7O7S2/c1-15(18-12-19(25(28,29)30)14-20(13-18)26(31,32)33)40-23-7-4-16(8-10-41(34,35)36)22(9-11-42(37,38)39)24(23)17-2-5-21(27)6-3-17/h2-3,5-6,12-16,22-24H,4,7-11H2,1H3,(H,34,35,36)(H,37,38,39)/p-2/t15-,16+,22-,23+,24+/m1/s1. The Morgan fingerprint density at radius 1 is 0.833 bits per heavy atom. The smallest absolute Gasteiger partial charge is 0.416 e. The van der Waals surface area contributed by atoms with Gasteiger partial charge in [0.05, 0.1) is 43.6 Å². The second-order valence-corrected chi connectivity index (χ2v) is 13.4. The SMILES string of the molecule is C[C@@H](O[C@H]1CC[C@@H](CCS(=O)(=O)[O-])[C@@H](CCS(=O)(=O)[O-])[C@@H]1c1ccc(F)cc1)c1cc(C(F)(F)F)cc(C(F)(F)F)c1. The van der Waals surface area contributed by atoms with Crippen molar-refractivity contribution in [2.24, 2.45) is 11.8 Å². The Morgan fingerprint density at radius 2 is 1.33 bits per heavy atom. The average Bonchev–Trinajstić information content (AvgIpc) is 2.85. The molecular weight excluding hydrogens is 621 g/mol. The summed E-state index contributed by atoms with van der Waals surface area (Å²) >= 11 is 0. The van der Waals surface area contributed by atoms with Crippen LogP contribution in [0.25, 0.3) is 0 Å². The summed E-state index contributed by atoms with van der Waals surface area (Å²) in [5, 5.41) is 0. The molecule has 0 heterocycles. The van der Waals surface area contributed by atoms with Crippen molar-refractivity contribution in [1.29, 1.82) is 0 Å². The van der Waals surface area contributed by atoms with E-state index in [1.807, 2.05) is 0 Å². The fourth-order valence-corrected chi connectivity index (χ4v) is 6.70. The molecule has 0 aromatic heterocycles. The maximum atomic E-state index is 13.7. The quantitative estimate of drug-likeness (QED) is 0.229. The van der Waals surface area contributed by atoms with Gasteiger partial charge >= 0.3 is 12.4 Å². The number of ether oxygens (including phenoxy) is 1. The van der Waals surface area contributed by atoms with Crippen molar-refractivity contribution in [3.8, 4) is 0 Å². The number of alkyl halides is 6. The lowest BCUT2D eigenvalue weighted by Gasteiger charge is -2.45. The first-order valence-corrected chi connectivity index (χ1v) is 15.9. The van der Waals surface area contributed by atoms with E-state index in [0.717, 1.165) is 12.1 Å². The van der Waals surface area contributed by atoms with Gasteiger partial charge in [-0.15, -0.1) is 0 Å². The third-order valence-corrected chi connectivity index (χ3v) is 8.91. The van der Waals surface area contributed by atoms with Gasteiger partial charge in [0, 0.05) is 17.4 Å². The molecule has 1 aliphatic rings. The maximum absolute atomic E-state index is 13.7. The van der Waals surface area contributed by atoms with E-state index in [2.05, 4.69) is 0 Å². The van der Waals surface area contributed by atoms with Crippen LogP contribution in [0, 0.1) is 17.7 Å². The molecule has 0 saturated heterocycles. The van der Waals surface area contributed by atoms with Gasteiger partial charge in [0.1, 0.15) is 5.82 Å². The van der Waals surface area contributed by atoms with Gasteiger partial charge < -0.3 is 13.8 Å². The van der Waals surface area contributed by atoms with Gasteiger partial charge in [0.25, 0.3) is 0 Å². The summed E-state index contributed by atoms with van der Waals surface area (Å²) in [6, 6.07) is 5.85. The van der Waals surface area contributed by atoms with Crippen LogP contribution in [-0.4, -0.2) is 43.6 Å². The maximum Gasteiger partial charge on any atom is 0.416 e. The first kappa shape index (κ1) is 34.2. The van der Waals surface area contributed by atoms with E-state index in [0.29, 0.717) is 17.7 Å². The van der Waals surface area contributed by atoms with E-state index in [-0.39, 0.29) is 31.7 Å². The highest BCUT2D eigenvalue weighted by atomic mass is 32.2. The molecule has 0 unspecified atom stereocenters. The van der Waals surface area contributed by atoms with E-state index >= 15 is 0 Å². The minimum atomic E-state index is -5.10. The molecule has 5 atom stereocenters. The third kappa shape index (κ3) is 9.62. The lowest BCUT2D eigenvalue weighted by molar-refractivity contribution is -0.143. The van der Waals surface area contributed by atoms with Crippen LogP contribution >= 0.6 is 0 Å². The van der Waals surface area contributed by atoms with Gasteiger partial charge in [-0.2, -0.15) is 26.3 Å². The summed E-state index contributed by atoms with van der Waals surface area (Å²) in [7, 11) is -9.44. The Labute approximate surface area is 238 Å². The minimum absolute atomic E-state index is 0.0216. The molecular formula is C26H27F7O7S2-2. The lowest BCUT2D eigenvalue weighted by atomic mass is 9.66. The number of hydrogen-bond acceptors (Lipinski definition) is 7. The number of rotatable bonds is 10. The van der Waals surface area contributed by atoms with E-state index < -0.39 is 96.6 Å². The van der Waals surface area contributed by atoms with Crippen LogP contribution in [0.15, 0.2) is 42.5 Å². The summed E-state index contributed by atoms with van der Waals surface area (Å²) in [6.45, 7) is 1.24. The highest BCUT2D eigenvalue weighted by Crippen LogP contribution is 2.48. The van der Waals surface area contributed by atoms with Gasteiger partial charge in [-0.25, -0.2) is 21.2 Å². The molecule has 2 aromatic carbocycles. The van der Waals surface area contributed by atoms with E-state index in [1.165, 1.54) is 19.1 Å². The van der Waals surface area contributed by atoms with Crippen molar-refractivity contribution < 1.29 is 61.4 Å². The van der Waals surface area contributed by atoms with Gasteiger partial charge in [-0.1, -0.05) is 12.1 Å². The zero-order valence-electron chi connectivity index (χ0n) is 22.0. The van der Waals surface area contributed by atoms with Crippen LogP contribution in [0.3, 0.4) is 0 Å². The summed E-state index contributed by atoms with van der Waals surface area (Å²) in [5.74, 6) is -4.63. The predicted octanol–water partition coefficient (Wildman–Crippen LogP) is 5.99. The van der Waals surface area contributed by atoms with Crippen molar-refractivity contribution in [1.82, 2.24) is 0 Å². The zero-order chi connectivity index (χ0) is 31.7. The minimum Gasteiger partial charge on any atom is -0.748 e. The first-order valence-electron chi connectivity index (χ1n) is 12.7. The van der Waals surface area contributed by atoms with E-state index in [9.17, 15) is 56.7 Å². The first-order chi connectivity index (χ1) is 19.1. The molecule has 1 saturated carbocycles. The van der Waals surface area contributed by atoms with E-state index in [1.54, 1.807) is 0 Å². The number of benzene rings is 2. The average molecular weight is 649 g/mol. The highest BCUT2D eigenvalue weighted by Gasteiger charge is 2.42. The van der Waals surface area contributed by atoms with Gasteiger partial charge in [0.15, 0.2) is 0 Å². The van der Waals surface area contributed by atoms with E-state index in [4.69, 9.17) is 4.74 Å². The second-order valence-electron chi connectivity index (χ2n) is 10.3. The third-order valence-electron chi connectivity index (χ3n) is 7.44. The predicted molar refractivity (Wildman–Crippen MR) is 133 cm³/mol. The second kappa shape index (κ2) is 12.8. The van der Waals surface area contributed by atoms with Crippen LogP contribution in [0.5, 0.6) is 0 Å². The molecule has 0 bridgehead atoms. The highest BCUT2D eigenvalue weighted by molar-refractivity contribution is 7.85. The molecule has 7 nitrogen and oxygen atoms in total. The molecule has 236 valence electrons. The molecule has 1 aliphatic carbocycles. The molecule has 1 fully saturated rings. The van der Waals surface area contributed by atoms with Crippen LogP contribution in [0.2, 0.25) is 0 Å². The van der Waals surface area contributed by atoms with Crippen molar-refractivity contribution >= 4 is 20.2 Å². The molecule has 0 aliphatic heterocycles. The van der Waals surface area contributed by atoms with Crippen molar-refractivity contribution in [3.63, 3.8) is 0 Å². The topological polar surface area (TPSA) is 124 Å². The van der Waals surface area contributed by atoms with Crippen LogP contribution in [-0.2, 0) is 37.3 Å².